The normalized spacial score (nSPS) is 9.94. The first kappa shape index (κ1) is 11.3. The van der Waals surface area contributed by atoms with Gasteiger partial charge in [0.2, 0.25) is 0 Å². The molecular formula is C10H10N4O2S. The van der Waals surface area contributed by atoms with Crippen LogP contribution >= 0.6 is 11.5 Å². The van der Waals surface area contributed by atoms with Crippen LogP contribution in [0.25, 0.3) is 0 Å². The summed E-state index contributed by atoms with van der Waals surface area (Å²) in [5.41, 5.74) is 6.72. The summed E-state index contributed by atoms with van der Waals surface area (Å²) in [5.74, 6) is 0.330. The molecule has 0 unspecified atom stereocenters. The first-order valence-corrected chi connectivity index (χ1v) is 5.50. The van der Waals surface area contributed by atoms with Crippen molar-refractivity contribution in [2.75, 3.05) is 18.2 Å². The average Bonchev–Trinajstić information content (AvgIpc) is 2.85. The van der Waals surface area contributed by atoms with Gasteiger partial charge in [-0.2, -0.15) is 0 Å². The summed E-state index contributed by atoms with van der Waals surface area (Å²) in [6.45, 7) is 0. The van der Waals surface area contributed by atoms with Crippen LogP contribution in [0.2, 0.25) is 0 Å². The number of aromatic nitrogens is 2. The lowest BCUT2D eigenvalue weighted by atomic mass is 10.2. The van der Waals surface area contributed by atoms with Gasteiger partial charge in [-0.15, -0.1) is 5.10 Å². The number of methoxy groups -OCH3 is 1. The third-order valence-electron chi connectivity index (χ3n) is 2.09. The molecule has 0 saturated carbocycles. The second kappa shape index (κ2) is 4.79. The molecule has 2 rings (SSSR count). The fourth-order valence-corrected chi connectivity index (χ4v) is 1.63. The molecule has 1 amide bonds. The topological polar surface area (TPSA) is 90.1 Å². The number of hydrogen-bond acceptors (Lipinski definition) is 6. The molecule has 7 heteroatoms. The van der Waals surface area contributed by atoms with Gasteiger partial charge < -0.3 is 15.8 Å². The maximum absolute atomic E-state index is 11.7. The molecule has 3 N–H and O–H groups in total. The number of rotatable bonds is 3. The number of nitrogens with zero attached hydrogens (tertiary/aromatic N) is 2. The summed E-state index contributed by atoms with van der Waals surface area (Å²) in [5, 5.41) is 6.27. The molecule has 0 radical (unpaired) electrons. The van der Waals surface area contributed by atoms with E-state index in [0.29, 0.717) is 22.0 Å². The molecule has 1 heterocycles. The maximum atomic E-state index is 11.7. The van der Waals surface area contributed by atoms with Crippen molar-refractivity contribution >= 4 is 28.8 Å². The summed E-state index contributed by atoms with van der Waals surface area (Å²) in [7, 11) is 1.55. The van der Waals surface area contributed by atoms with Crippen LogP contribution in [-0.4, -0.2) is 22.6 Å². The number of nitrogens with two attached hydrogens (primary N) is 1. The predicted octanol–water partition coefficient (Wildman–Crippen LogP) is 1.38. The van der Waals surface area contributed by atoms with Crippen molar-refractivity contribution in [3.63, 3.8) is 0 Å². The highest BCUT2D eigenvalue weighted by Crippen LogP contribution is 2.24. The van der Waals surface area contributed by atoms with Gasteiger partial charge in [-0.1, -0.05) is 4.49 Å². The van der Waals surface area contributed by atoms with Crippen molar-refractivity contribution in [3.05, 3.63) is 29.3 Å². The maximum Gasteiger partial charge on any atom is 0.269 e. The zero-order valence-corrected chi connectivity index (χ0v) is 9.82. The molecule has 88 valence electrons. The summed E-state index contributed by atoms with van der Waals surface area (Å²) in [6.07, 6.45) is 1.40. The Hall–Kier alpha value is -2.15. The molecule has 0 fully saturated rings. The van der Waals surface area contributed by atoms with Gasteiger partial charge in [-0.3, -0.25) is 4.79 Å². The molecule has 0 aliphatic heterocycles. The number of ether oxygens (including phenoxy) is 1. The monoisotopic (exact) mass is 250 g/mol. The molecule has 0 bridgehead atoms. The Kier molecular flexibility index (Phi) is 3.20. The Bertz CT molecular complexity index is 527. The third kappa shape index (κ3) is 2.51. The Morgan fingerprint density at radius 2 is 2.35 bits per heavy atom. The number of nitrogen functional groups attached to an aromatic ring is 1. The van der Waals surface area contributed by atoms with Gasteiger partial charge >= 0.3 is 0 Å². The number of nitrogens with one attached hydrogen (secondary N) is 1. The number of anilines is 2. The highest BCUT2D eigenvalue weighted by atomic mass is 32.1. The Morgan fingerprint density at radius 3 is 3.00 bits per heavy atom. The lowest BCUT2D eigenvalue weighted by molar-refractivity contribution is 0.103. The zero-order valence-electron chi connectivity index (χ0n) is 9.01. The number of hydrogen-bond donors (Lipinski definition) is 2. The van der Waals surface area contributed by atoms with E-state index in [0.717, 1.165) is 11.5 Å². The first-order valence-electron chi connectivity index (χ1n) is 4.73. The minimum absolute atomic E-state index is 0.292. The Labute approximate surface area is 102 Å². The molecule has 0 saturated heterocycles. The van der Waals surface area contributed by atoms with Crippen molar-refractivity contribution in [2.45, 2.75) is 0 Å². The van der Waals surface area contributed by atoms with E-state index in [-0.39, 0.29) is 5.91 Å². The molecule has 0 aliphatic carbocycles. The lowest BCUT2D eigenvalue weighted by Crippen LogP contribution is -2.11. The van der Waals surface area contributed by atoms with Crippen LogP contribution in [0.3, 0.4) is 0 Å². The van der Waals surface area contributed by atoms with Crippen LogP contribution in [0, 0.1) is 0 Å². The number of carbonyl (C=O) groups excluding carboxylic acids is 1. The molecule has 1 aromatic heterocycles. The van der Waals surface area contributed by atoms with Gasteiger partial charge in [0.25, 0.3) is 5.91 Å². The second-order valence-corrected chi connectivity index (χ2v) is 3.97. The predicted molar refractivity (Wildman–Crippen MR) is 65.3 cm³/mol. The summed E-state index contributed by atoms with van der Waals surface area (Å²) >= 11 is 1.02. The summed E-state index contributed by atoms with van der Waals surface area (Å²) in [6, 6.07) is 5.04. The van der Waals surface area contributed by atoms with Gasteiger partial charge in [-0.05, 0) is 23.7 Å². The van der Waals surface area contributed by atoms with Crippen LogP contribution < -0.4 is 15.8 Å². The van der Waals surface area contributed by atoms with Crippen LogP contribution in [0.4, 0.5) is 11.4 Å². The van der Waals surface area contributed by atoms with E-state index < -0.39 is 0 Å². The van der Waals surface area contributed by atoms with Crippen LogP contribution in [0.15, 0.2) is 24.4 Å². The van der Waals surface area contributed by atoms with E-state index in [4.69, 9.17) is 10.5 Å². The SMILES string of the molecule is COc1ccc(N)c(NC(=O)c2cnns2)c1. The number of carbonyl (C=O) groups is 1. The van der Waals surface area contributed by atoms with Gasteiger partial charge in [0.15, 0.2) is 0 Å². The molecule has 6 nitrogen and oxygen atoms in total. The van der Waals surface area contributed by atoms with Gasteiger partial charge in [-0.25, -0.2) is 0 Å². The number of benzene rings is 1. The standard InChI is InChI=1S/C10H10N4O2S/c1-16-6-2-3-7(11)8(4-6)13-10(15)9-5-12-14-17-9/h2-5H,11H2,1H3,(H,13,15). The van der Waals surface area contributed by atoms with Crippen molar-refractivity contribution < 1.29 is 9.53 Å². The second-order valence-electron chi connectivity index (χ2n) is 3.19. The van der Waals surface area contributed by atoms with E-state index in [9.17, 15) is 4.79 Å². The van der Waals surface area contributed by atoms with Crippen LogP contribution in [0.1, 0.15) is 9.67 Å². The average molecular weight is 250 g/mol. The van der Waals surface area contributed by atoms with Gasteiger partial charge in [0, 0.05) is 6.07 Å². The smallest absolute Gasteiger partial charge is 0.269 e. The van der Waals surface area contributed by atoms with Crippen LogP contribution in [-0.2, 0) is 0 Å². The van der Waals surface area contributed by atoms with E-state index in [1.807, 2.05) is 0 Å². The van der Waals surface area contributed by atoms with Gasteiger partial charge in [0.1, 0.15) is 10.6 Å². The van der Waals surface area contributed by atoms with Crippen molar-refractivity contribution in [3.8, 4) is 5.75 Å². The lowest BCUT2D eigenvalue weighted by Gasteiger charge is -2.08. The largest absolute Gasteiger partial charge is 0.497 e. The van der Waals surface area contributed by atoms with E-state index in [1.165, 1.54) is 6.20 Å². The van der Waals surface area contributed by atoms with E-state index in [1.54, 1.807) is 25.3 Å². The molecule has 0 aliphatic rings. The molecular weight excluding hydrogens is 240 g/mol. The molecule has 0 atom stereocenters. The highest BCUT2D eigenvalue weighted by Gasteiger charge is 2.10. The summed E-state index contributed by atoms with van der Waals surface area (Å²) < 4.78 is 8.67. The van der Waals surface area contributed by atoms with Crippen LogP contribution in [0.5, 0.6) is 5.75 Å². The first-order chi connectivity index (χ1) is 8.20. The molecule has 1 aromatic carbocycles. The summed E-state index contributed by atoms with van der Waals surface area (Å²) in [4.78, 5) is 12.2. The fourth-order valence-electron chi connectivity index (χ4n) is 1.22. The van der Waals surface area contributed by atoms with Crippen molar-refractivity contribution in [2.24, 2.45) is 0 Å². The molecule has 2 aromatic rings. The van der Waals surface area contributed by atoms with Gasteiger partial charge in [0.05, 0.1) is 24.7 Å². The van der Waals surface area contributed by atoms with E-state index in [2.05, 4.69) is 14.9 Å². The molecule has 17 heavy (non-hydrogen) atoms. The zero-order chi connectivity index (χ0) is 12.3. The van der Waals surface area contributed by atoms with Crippen molar-refractivity contribution in [1.29, 1.82) is 0 Å². The van der Waals surface area contributed by atoms with Crippen molar-refractivity contribution in [1.82, 2.24) is 9.59 Å². The number of amides is 1. The minimum Gasteiger partial charge on any atom is -0.497 e. The quantitative estimate of drug-likeness (QED) is 0.803. The Morgan fingerprint density at radius 1 is 1.53 bits per heavy atom. The van der Waals surface area contributed by atoms with E-state index >= 15 is 0 Å². The third-order valence-corrected chi connectivity index (χ3v) is 2.76. The Balaban J connectivity index is 2.21. The fraction of sp³-hybridized carbons (Fsp3) is 0.100. The molecule has 0 spiro atoms. The minimum atomic E-state index is -0.292. The highest BCUT2D eigenvalue weighted by molar-refractivity contribution is 7.07.